The van der Waals surface area contributed by atoms with E-state index >= 15 is 0 Å². The Morgan fingerprint density at radius 3 is 2.73 bits per heavy atom. The number of ether oxygens (including phenoxy) is 2. The molecule has 0 unspecified atom stereocenters. The number of thioether (sulfide) groups is 1. The molecule has 0 amide bonds. The Kier molecular flexibility index (Phi) is 5.38. The average Bonchev–Trinajstić information content (AvgIpc) is 3.00. The van der Waals surface area contributed by atoms with Gasteiger partial charge >= 0.3 is 0 Å². The summed E-state index contributed by atoms with van der Waals surface area (Å²) in [5.74, 6) is 2.02. The van der Waals surface area contributed by atoms with Crippen molar-refractivity contribution in [3.63, 3.8) is 0 Å². The van der Waals surface area contributed by atoms with Crippen molar-refractivity contribution < 1.29 is 14.6 Å². The van der Waals surface area contributed by atoms with Crippen LogP contribution in [0.15, 0.2) is 35.6 Å². The highest BCUT2D eigenvalue weighted by Gasteiger charge is 2.14. The molecule has 6 nitrogen and oxygen atoms in total. The van der Waals surface area contributed by atoms with Gasteiger partial charge in [0, 0.05) is 23.6 Å². The first-order valence-electron chi connectivity index (χ1n) is 8.33. The van der Waals surface area contributed by atoms with Crippen LogP contribution in [0.2, 0.25) is 0 Å². The Bertz CT molecular complexity index is 903. The summed E-state index contributed by atoms with van der Waals surface area (Å²) < 4.78 is 11.3. The molecule has 3 aromatic rings. The van der Waals surface area contributed by atoms with Crippen LogP contribution in [0.5, 0.6) is 11.5 Å². The number of nitrogens with one attached hydrogen (secondary N) is 1. The predicted octanol–water partition coefficient (Wildman–Crippen LogP) is 3.93. The average molecular weight is 373 g/mol. The molecule has 0 atom stereocenters. The molecule has 0 saturated heterocycles. The van der Waals surface area contributed by atoms with Gasteiger partial charge in [-0.05, 0) is 39.0 Å². The van der Waals surface area contributed by atoms with Crippen LogP contribution in [0.25, 0.3) is 11.0 Å². The normalized spacial score (nSPS) is 11.7. The van der Waals surface area contributed by atoms with E-state index < -0.39 is 0 Å². The maximum atomic E-state index is 9.42. The topological polar surface area (TPSA) is 80.3 Å². The number of hydrogen-bond donors (Lipinski definition) is 2. The van der Waals surface area contributed by atoms with Gasteiger partial charge in [-0.15, -0.1) is 0 Å². The fraction of sp³-hybridized carbons (Fsp3) is 0.368. The summed E-state index contributed by atoms with van der Waals surface area (Å²) in [5.41, 5.74) is 3.08. The van der Waals surface area contributed by atoms with Crippen molar-refractivity contribution in [2.45, 2.75) is 43.9 Å². The Morgan fingerprint density at radius 2 is 2.04 bits per heavy atom. The van der Waals surface area contributed by atoms with E-state index in [1.807, 2.05) is 39.0 Å². The summed E-state index contributed by atoms with van der Waals surface area (Å²) in [4.78, 5) is 12.3. The molecule has 2 heterocycles. The maximum Gasteiger partial charge on any atom is 0.166 e. The smallest absolute Gasteiger partial charge is 0.166 e. The van der Waals surface area contributed by atoms with Crippen molar-refractivity contribution in [3.05, 3.63) is 41.7 Å². The number of aliphatic hydroxyl groups excluding tert-OH is 1. The third-order valence-corrected chi connectivity index (χ3v) is 4.52. The number of aromatic amines is 1. The molecule has 3 rings (SSSR count). The van der Waals surface area contributed by atoms with Gasteiger partial charge < -0.3 is 19.6 Å². The van der Waals surface area contributed by atoms with E-state index in [1.165, 1.54) is 11.8 Å². The van der Waals surface area contributed by atoms with E-state index in [0.29, 0.717) is 11.5 Å². The van der Waals surface area contributed by atoms with E-state index in [2.05, 4.69) is 15.0 Å². The third-order valence-electron chi connectivity index (χ3n) is 3.64. The van der Waals surface area contributed by atoms with Gasteiger partial charge in [-0.3, -0.25) is 4.98 Å². The minimum atomic E-state index is -0.245. The molecule has 0 aliphatic carbocycles. The van der Waals surface area contributed by atoms with Crippen molar-refractivity contribution >= 4 is 22.8 Å². The number of aliphatic hydroxyl groups is 1. The molecule has 1 aromatic carbocycles. The van der Waals surface area contributed by atoms with E-state index in [-0.39, 0.29) is 12.2 Å². The first-order valence-corrected chi connectivity index (χ1v) is 9.31. The quantitative estimate of drug-likeness (QED) is 0.637. The Morgan fingerprint density at radius 1 is 1.23 bits per heavy atom. The third kappa shape index (κ3) is 4.28. The second-order valence-corrected chi connectivity index (χ2v) is 7.80. The molecular weight excluding hydrogens is 350 g/mol. The van der Waals surface area contributed by atoms with Gasteiger partial charge in [0.05, 0.1) is 30.4 Å². The van der Waals surface area contributed by atoms with Gasteiger partial charge in [0.15, 0.2) is 5.16 Å². The summed E-state index contributed by atoms with van der Waals surface area (Å²) in [6, 6.07) is 7.59. The Labute approximate surface area is 157 Å². The van der Waals surface area contributed by atoms with Gasteiger partial charge in [-0.25, -0.2) is 4.98 Å². The number of aromatic nitrogens is 3. The molecule has 138 valence electrons. The fourth-order valence-corrected chi connectivity index (χ4v) is 3.42. The van der Waals surface area contributed by atoms with Gasteiger partial charge in [0.1, 0.15) is 17.1 Å². The number of rotatable bonds is 6. The molecular formula is C19H23N3O3S. The highest BCUT2D eigenvalue weighted by molar-refractivity contribution is 7.98. The minimum absolute atomic E-state index is 0.0788. The summed E-state index contributed by atoms with van der Waals surface area (Å²) in [6.45, 7) is 5.98. The highest BCUT2D eigenvalue weighted by atomic mass is 32.2. The van der Waals surface area contributed by atoms with Crippen LogP contribution in [0, 0.1) is 0 Å². The number of hydrogen-bond acceptors (Lipinski definition) is 6. The first kappa shape index (κ1) is 18.5. The van der Waals surface area contributed by atoms with Crippen LogP contribution in [-0.4, -0.2) is 32.8 Å². The van der Waals surface area contributed by atoms with Gasteiger partial charge in [0.25, 0.3) is 0 Å². The SMILES string of the molecule is COc1c(CO)ccnc1CSc1nc2ccc(OC(C)(C)C)cc2[nH]1. The molecule has 26 heavy (non-hydrogen) atoms. The number of methoxy groups -OCH3 is 1. The van der Waals surface area contributed by atoms with Gasteiger partial charge in [-0.1, -0.05) is 11.8 Å². The van der Waals surface area contributed by atoms with Gasteiger partial charge in [0.2, 0.25) is 0 Å². The molecule has 0 aliphatic heterocycles. The van der Waals surface area contributed by atoms with Crippen LogP contribution in [0.3, 0.4) is 0 Å². The highest BCUT2D eigenvalue weighted by Crippen LogP contribution is 2.30. The molecule has 0 spiro atoms. The molecule has 0 fully saturated rings. The molecule has 0 saturated carbocycles. The number of H-pyrrole nitrogens is 1. The Balaban J connectivity index is 1.78. The largest absolute Gasteiger partial charge is 0.494 e. The zero-order valence-electron chi connectivity index (χ0n) is 15.4. The lowest BCUT2D eigenvalue weighted by Crippen LogP contribution is -2.22. The summed E-state index contributed by atoms with van der Waals surface area (Å²) in [5, 5.41) is 10.2. The molecule has 7 heteroatoms. The maximum absolute atomic E-state index is 9.42. The second kappa shape index (κ2) is 7.55. The van der Waals surface area contributed by atoms with Crippen LogP contribution in [-0.2, 0) is 12.4 Å². The lowest BCUT2D eigenvalue weighted by Gasteiger charge is -2.21. The number of benzene rings is 1. The monoisotopic (exact) mass is 373 g/mol. The van der Waals surface area contributed by atoms with Crippen molar-refractivity contribution in [1.29, 1.82) is 0 Å². The lowest BCUT2D eigenvalue weighted by molar-refractivity contribution is 0.131. The summed E-state index contributed by atoms with van der Waals surface area (Å²) in [6.07, 6.45) is 1.68. The molecule has 2 N–H and O–H groups in total. The number of fused-ring (bicyclic) bond motifs is 1. The summed E-state index contributed by atoms with van der Waals surface area (Å²) >= 11 is 1.54. The second-order valence-electron chi connectivity index (χ2n) is 6.83. The number of pyridine rings is 1. The van der Waals surface area contributed by atoms with Gasteiger partial charge in [-0.2, -0.15) is 0 Å². The van der Waals surface area contributed by atoms with Crippen LogP contribution < -0.4 is 9.47 Å². The first-order chi connectivity index (χ1) is 12.4. The van der Waals surface area contributed by atoms with Crippen LogP contribution in [0.1, 0.15) is 32.0 Å². The van der Waals surface area contributed by atoms with Crippen molar-refractivity contribution in [1.82, 2.24) is 15.0 Å². The molecule has 2 aromatic heterocycles. The fourth-order valence-electron chi connectivity index (χ4n) is 2.60. The zero-order chi connectivity index (χ0) is 18.7. The van der Waals surface area contributed by atoms with Crippen molar-refractivity contribution in [3.8, 4) is 11.5 Å². The Hall–Kier alpha value is -2.25. The standard InChI is InChI=1S/C19H23N3O3S/c1-19(2,3)25-13-5-6-14-15(9-13)22-18(21-14)26-11-16-17(24-4)12(10-23)7-8-20-16/h5-9,23H,10-11H2,1-4H3,(H,21,22). The lowest BCUT2D eigenvalue weighted by atomic mass is 10.2. The van der Waals surface area contributed by atoms with E-state index in [0.717, 1.165) is 33.2 Å². The summed E-state index contributed by atoms with van der Waals surface area (Å²) in [7, 11) is 1.59. The molecule has 0 bridgehead atoms. The minimum Gasteiger partial charge on any atom is -0.494 e. The van der Waals surface area contributed by atoms with E-state index in [4.69, 9.17) is 9.47 Å². The van der Waals surface area contributed by atoms with E-state index in [9.17, 15) is 5.11 Å². The van der Waals surface area contributed by atoms with Crippen LogP contribution >= 0.6 is 11.8 Å². The number of nitrogens with zero attached hydrogens (tertiary/aromatic N) is 2. The number of imidazole rings is 1. The van der Waals surface area contributed by atoms with Crippen molar-refractivity contribution in [2.24, 2.45) is 0 Å². The predicted molar refractivity (Wildman–Crippen MR) is 103 cm³/mol. The van der Waals surface area contributed by atoms with E-state index in [1.54, 1.807) is 19.4 Å². The molecule has 0 aliphatic rings. The van der Waals surface area contributed by atoms with Crippen molar-refractivity contribution in [2.75, 3.05) is 7.11 Å². The zero-order valence-corrected chi connectivity index (χ0v) is 16.2. The van der Waals surface area contributed by atoms with Crippen LogP contribution in [0.4, 0.5) is 0 Å². The molecule has 0 radical (unpaired) electrons.